The summed E-state index contributed by atoms with van der Waals surface area (Å²) in [5.74, 6) is -1.49. The summed E-state index contributed by atoms with van der Waals surface area (Å²) in [7, 11) is -2.23. The largest absolute Gasteiger partial charge is 0.480 e. The Morgan fingerprint density at radius 1 is 1.16 bits per heavy atom. The Labute approximate surface area is 178 Å². The molecule has 4 aromatic rings. The minimum atomic E-state index is -3.84. The molecule has 4 rings (SSSR count). The molecule has 0 spiro atoms. The van der Waals surface area contributed by atoms with Gasteiger partial charge in [-0.15, -0.1) is 0 Å². The molecule has 9 heteroatoms. The zero-order valence-corrected chi connectivity index (χ0v) is 17.7. The molecule has 1 N–H and O–H groups in total. The Morgan fingerprint density at radius 3 is 2.55 bits per heavy atom. The fourth-order valence-electron chi connectivity index (χ4n) is 3.90. The van der Waals surface area contributed by atoms with Gasteiger partial charge in [0.25, 0.3) is 0 Å². The average molecular weight is 441 g/mol. The molecule has 160 valence electrons. The van der Waals surface area contributed by atoms with Crippen LogP contribution in [-0.2, 0) is 34.6 Å². The second-order valence-corrected chi connectivity index (χ2v) is 9.17. The van der Waals surface area contributed by atoms with Crippen LogP contribution in [0, 0.1) is 12.7 Å². The third kappa shape index (κ3) is 3.61. The third-order valence-corrected chi connectivity index (χ3v) is 7.24. The molecule has 2 aromatic carbocycles. The summed E-state index contributed by atoms with van der Waals surface area (Å²) in [6.45, 7) is 1.45. The van der Waals surface area contributed by atoms with Crippen LogP contribution in [-0.4, -0.2) is 33.6 Å². The number of aryl methyl sites for hydroxylation is 1. The Balaban J connectivity index is 1.88. The van der Waals surface area contributed by atoms with Crippen molar-refractivity contribution >= 4 is 26.7 Å². The lowest BCUT2D eigenvalue weighted by atomic mass is 10.1. The molecule has 2 heterocycles. The van der Waals surface area contributed by atoms with E-state index < -0.39 is 21.6 Å². The van der Waals surface area contributed by atoms with Crippen LogP contribution in [0.15, 0.2) is 64.8 Å². The highest BCUT2D eigenvalue weighted by atomic mass is 32.2. The zero-order chi connectivity index (χ0) is 22.3. The topological polar surface area (TPSA) is 94.2 Å². The number of hydrogen-bond acceptors (Lipinski definition) is 4. The maximum atomic E-state index is 14.0. The van der Waals surface area contributed by atoms with Gasteiger partial charge < -0.3 is 14.2 Å². The number of imidazole rings is 1. The van der Waals surface area contributed by atoms with E-state index in [1.54, 1.807) is 36.7 Å². The highest BCUT2D eigenvalue weighted by Gasteiger charge is 2.27. The molecular formula is C22H20FN3O4S. The van der Waals surface area contributed by atoms with Crippen LogP contribution in [0.4, 0.5) is 4.39 Å². The van der Waals surface area contributed by atoms with E-state index in [0.717, 1.165) is 0 Å². The van der Waals surface area contributed by atoms with Gasteiger partial charge in [0.05, 0.1) is 16.9 Å². The Bertz CT molecular complexity index is 1410. The van der Waals surface area contributed by atoms with E-state index in [9.17, 15) is 22.7 Å². The number of nitrogens with zero attached hydrogens (tertiary/aromatic N) is 3. The highest BCUT2D eigenvalue weighted by Crippen LogP contribution is 2.31. The molecule has 0 radical (unpaired) electrons. The summed E-state index contributed by atoms with van der Waals surface area (Å²) in [6.07, 6.45) is 1.54. The standard InChI is InChI=1S/C22H20FN3O4S/c1-14-17(18-10-15(23)8-9-20(18)26(14)12-21(27)28)11-19-22(25(2)13-24-19)31(29,30)16-6-4-3-5-7-16/h3-10,13H,11-12H2,1-2H3,(H,27,28). The fourth-order valence-corrected chi connectivity index (χ4v) is 5.50. The van der Waals surface area contributed by atoms with Gasteiger partial charge in [0, 0.05) is 30.1 Å². The molecule has 0 fully saturated rings. The van der Waals surface area contributed by atoms with Gasteiger partial charge in [0.1, 0.15) is 12.4 Å². The van der Waals surface area contributed by atoms with Crippen LogP contribution in [0.2, 0.25) is 0 Å². The van der Waals surface area contributed by atoms with E-state index in [4.69, 9.17) is 0 Å². The second-order valence-electron chi connectivity index (χ2n) is 7.31. The van der Waals surface area contributed by atoms with E-state index in [1.807, 2.05) is 0 Å². The number of rotatable bonds is 6. The van der Waals surface area contributed by atoms with Crippen LogP contribution < -0.4 is 0 Å². The maximum Gasteiger partial charge on any atom is 0.323 e. The van der Waals surface area contributed by atoms with Crippen molar-refractivity contribution in [1.29, 1.82) is 0 Å². The Hall–Kier alpha value is -3.46. The lowest BCUT2D eigenvalue weighted by molar-refractivity contribution is -0.137. The molecule has 0 aliphatic carbocycles. The zero-order valence-electron chi connectivity index (χ0n) is 16.9. The van der Waals surface area contributed by atoms with E-state index in [-0.39, 0.29) is 22.9 Å². The first-order valence-electron chi connectivity index (χ1n) is 9.49. The predicted molar refractivity (Wildman–Crippen MR) is 112 cm³/mol. The number of aliphatic carboxylic acids is 1. The van der Waals surface area contributed by atoms with Gasteiger partial charge in [0.15, 0.2) is 5.03 Å². The monoisotopic (exact) mass is 441 g/mol. The summed E-state index contributed by atoms with van der Waals surface area (Å²) in [5.41, 5.74) is 2.14. The summed E-state index contributed by atoms with van der Waals surface area (Å²) < 4.78 is 43.6. The van der Waals surface area contributed by atoms with Gasteiger partial charge in [-0.2, -0.15) is 0 Å². The minimum absolute atomic E-state index is 0.0497. The van der Waals surface area contributed by atoms with Crippen molar-refractivity contribution in [2.24, 2.45) is 7.05 Å². The lowest BCUT2D eigenvalue weighted by Crippen LogP contribution is -2.11. The summed E-state index contributed by atoms with van der Waals surface area (Å²) in [6, 6.07) is 12.2. The van der Waals surface area contributed by atoms with Gasteiger partial charge in [-0.05, 0) is 42.8 Å². The first-order valence-corrected chi connectivity index (χ1v) is 11.0. The molecule has 0 bridgehead atoms. The van der Waals surface area contributed by atoms with Crippen molar-refractivity contribution in [3.8, 4) is 0 Å². The molecule has 0 aliphatic rings. The van der Waals surface area contributed by atoms with Crippen LogP contribution in [0.25, 0.3) is 10.9 Å². The summed E-state index contributed by atoms with van der Waals surface area (Å²) in [5, 5.41) is 9.88. The number of aromatic nitrogens is 3. The number of halogens is 1. The van der Waals surface area contributed by atoms with Gasteiger partial charge in [-0.25, -0.2) is 17.8 Å². The van der Waals surface area contributed by atoms with Crippen molar-refractivity contribution in [2.45, 2.75) is 29.8 Å². The van der Waals surface area contributed by atoms with Crippen molar-refractivity contribution in [1.82, 2.24) is 14.1 Å². The molecule has 2 aromatic heterocycles. The average Bonchev–Trinajstić information content (AvgIpc) is 3.21. The van der Waals surface area contributed by atoms with E-state index >= 15 is 0 Å². The number of carboxylic acid groups (broad SMARTS) is 1. The van der Waals surface area contributed by atoms with Crippen LogP contribution >= 0.6 is 0 Å². The molecule has 0 atom stereocenters. The van der Waals surface area contributed by atoms with Gasteiger partial charge >= 0.3 is 5.97 Å². The molecule has 0 saturated heterocycles. The fraction of sp³-hybridized carbons (Fsp3) is 0.182. The molecular weight excluding hydrogens is 421 g/mol. The van der Waals surface area contributed by atoms with Crippen molar-refractivity contribution in [3.63, 3.8) is 0 Å². The number of sulfone groups is 1. The third-order valence-electron chi connectivity index (χ3n) is 5.32. The molecule has 0 unspecified atom stereocenters. The highest BCUT2D eigenvalue weighted by molar-refractivity contribution is 7.91. The van der Waals surface area contributed by atoms with E-state index in [2.05, 4.69) is 4.98 Å². The van der Waals surface area contributed by atoms with Crippen molar-refractivity contribution in [3.05, 3.63) is 77.6 Å². The van der Waals surface area contributed by atoms with Crippen LogP contribution in [0.5, 0.6) is 0 Å². The molecule has 0 aliphatic heterocycles. The van der Waals surface area contributed by atoms with Crippen LogP contribution in [0.1, 0.15) is 17.0 Å². The quantitative estimate of drug-likeness (QED) is 0.495. The van der Waals surface area contributed by atoms with Gasteiger partial charge in [-0.3, -0.25) is 4.79 Å². The minimum Gasteiger partial charge on any atom is -0.480 e. The SMILES string of the molecule is Cc1c(Cc2ncn(C)c2S(=O)(=O)c2ccccc2)c2cc(F)ccc2n1CC(=O)O. The number of carboxylic acids is 1. The smallest absolute Gasteiger partial charge is 0.323 e. The van der Waals surface area contributed by atoms with Gasteiger partial charge in [-0.1, -0.05) is 18.2 Å². The van der Waals surface area contributed by atoms with Crippen molar-refractivity contribution in [2.75, 3.05) is 0 Å². The molecule has 0 saturated carbocycles. The first-order chi connectivity index (χ1) is 14.7. The number of hydrogen-bond donors (Lipinski definition) is 1. The van der Waals surface area contributed by atoms with Crippen LogP contribution in [0.3, 0.4) is 0 Å². The number of benzene rings is 2. The Morgan fingerprint density at radius 2 is 1.87 bits per heavy atom. The molecule has 31 heavy (non-hydrogen) atoms. The molecule has 0 amide bonds. The maximum absolute atomic E-state index is 14.0. The van der Waals surface area contributed by atoms with Crippen molar-refractivity contribution < 1.29 is 22.7 Å². The van der Waals surface area contributed by atoms with Gasteiger partial charge in [0.2, 0.25) is 9.84 Å². The second kappa shape index (κ2) is 7.66. The number of fused-ring (bicyclic) bond motifs is 1. The van der Waals surface area contributed by atoms with E-state index in [0.29, 0.717) is 27.9 Å². The summed E-state index contributed by atoms with van der Waals surface area (Å²) >= 11 is 0. The predicted octanol–water partition coefficient (Wildman–Crippen LogP) is 3.33. The lowest BCUT2D eigenvalue weighted by Gasteiger charge is -2.09. The first kappa shape index (κ1) is 20.8. The number of carbonyl (C=O) groups is 1. The molecule has 7 nitrogen and oxygen atoms in total. The summed E-state index contributed by atoms with van der Waals surface area (Å²) in [4.78, 5) is 15.8. The Kier molecular flexibility index (Phi) is 5.14. The van der Waals surface area contributed by atoms with E-state index in [1.165, 1.54) is 41.2 Å². The normalized spacial score (nSPS) is 11.8.